The van der Waals surface area contributed by atoms with Crippen LogP contribution in [0.2, 0.25) is 0 Å². The SMILES string of the molecule is CCc1nnc(SCC(=O)Nc2nc3ccc(C)cc3s2)o1. The van der Waals surface area contributed by atoms with Crippen LogP contribution in [-0.4, -0.2) is 26.8 Å². The van der Waals surface area contributed by atoms with Crippen molar-refractivity contribution in [2.45, 2.75) is 25.5 Å². The van der Waals surface area contributed by atoms with Crippen molar-refractivity contribution in [3.63, 3.8) is 0 Å². The second kappa shape index (κ2) is 6.45. The first-order chi connectivity index (χ1) is 10.6. The van der Waals surface area contributed by atoms with Crippen LogP contribution in [0.3, 0.4) is 0 Å². The number of carbonyl (C=O) groups is 1. The summed E-state index contributed by atoms with van der Waals surface area (Å²) in [5, 5.41) is 11.5. The highest BCUT2D eigenvalue weighted by Gasteiger charge is 2.11. The van der Waals surface area contributed by atoms with Crippen LogP contribution in [0.25, 0.3) is 10.2 Å². The maximum absolute atomic E-state index is 12.0. The fourth-order valence-corrected chi connectivity index (χ4v) is 3.37. The molecule has 0 aliphatic heterocycles. The molecule has 1 N–H and O–H groups in total. The van der Waals surface area contributed by atoms with E-state index in [0.717, 1.165) is 10.2 Å². The van der Waals surface area contributed by atoms with Crippen molar-refractivity contribution < 1.29 is 9.21 Å². The van der Waals surface area contributed by atoms with Gasteiger partial charge in [0.05, 0.1) is 16.0 Å². The molecule has 0 spiro atoms. The van der Waals surface area contributed by atoms with Crippen molar-refractivity contribution >= 4 is 44.4 Å². The Bertz CT molecular complexity index is 812. The molecule has 0 unspecified atom stereocenters. The van der Waals surface area contributed by atoms with Crippen LogP contribution in [0.1, 0.15) is 18.4 Å². The van der Waals surface area contributed by atoms with E-state index >= 15 is 0 Å². The zero-order valence-corrected chi connectivity index (χ0v) is 13.8. The molecule has 0 saturated carbocycles. The lowest BCUT2D eigenvalue weighted by Crippen LogP contribution is -2.13. The molecule has 2 aromatic heterocycles. The molecule has 0 radical (unpaired) electrons. The van der Waals surface area contributed by atoms with Crippen molar-refractivity contribution in [1.82, 2.24) is 15.2 Å². The Labute approximate surface area is 135 Å². The average molecular weight is 334 g/mol. The van der Waals surface area contributed by atoms with Crippen LogP contribution in [0.5, 0.6) is 0 Å². The normalized spacial score (nSPS) is 11.0. The van der Waals surface area contributed by atoms with Gasteiger partial charge in [-0.25, -0.2) is 4.98 Å². The van der Waals surface area contributed by atoms with E-state index in [-0.39, 0.29) is 11.7 Å². The minimum Gasteiger partial charge on any atom is -0.416 e. The van der Waals surface area contributed by atoms with Crippen molar-refractivity contribution in [1.29, 1.82) is 0 Å². The largest absolute Gasteiger partial charge is 0.416 e. The molecule has 2 heterocycles. The third-order valence-electron chi connectivity index (χ3n) is 2.87. The number of benzene rings is 1. The first-order valence-corrected chi connectivity index (χ1v) is 8.56. The lowest BCUT2D eigenvalue weighted by molar-refractivity contribution is -0.113. The number of hydrogen-bond donors (Lipinski definition) is 1. The molecule has 3 rings (SSSR count). The fraction of sp³-hybridized carbons (Fsp3) is 0.286. The Morgan fingerprint density at radius 3 is 3.05 bits per heavy atom. The van der Waals surface area contributed by atoms with Gasteiger partial charge in [-0.15, -0.1) is 10.2 Å². The lowest BCUT2D eigenvalue weighted by atomic mass is 10.2. The van der Waals surface area contributed by atoms with Gasteiger partial charge in [0.15, 0.2) is 5.13 Å². The fourth-order valence-electron chi connectivity index (χ4n) is 1.81. The van der Waals surface area contributed by atoms with Gasteiger partial charge in [0.25, 0.3) is 5.22 Å². The summed E-state index contributed by atoms with van der Waals surface area (Å²) in [6.07, 6.45) is 0.685. The van der Waals surface area contributed by atoms with Gasteiger partial charge in [-0.05, 0) is 24.6 Å². The summed E-state index contributed by atoms with van der Waals surface area (Å²) in [6.45, 7) is 3.96. The molecule has 0 aliphatic carbocycles. The number of nitrogens with one attached hydrogen (secondary N) is 1. The van der Waals surface area contributed by atoms with E-state index in [4.69, 9.17) is 4.42 Å². The molecule has 8 heteroatoms. The van der Waals surface area contributed by atoms with Gasteiger partial charge in [-0.3, -0.25) is 4.79 Å². The Morgan fingerprint density at radius 1 is 1.41 bits per heavy atom. The van der Waals surface area contributed by atoms with E-state index in [9.17, 15) is 4.79 Å². The van der Waals surface area contributed by atoms with Gasteiger partial charge in [-0.1, -0.05) is 36.1 Å². The highest BCUT2D eigenvalue weighted by atomic mass is 32.2. The van der Waals surface area contributed by atoms with E-state index < -0.39 is 0 Å². The number of carbonyl (C=O) groups excluding carboxylic acids is 1. The first-order valence-electron chi connectivity index (χ1n) is 6.76. The zero-order chi connectivity index (χ0) is 15.5. The summed E-state index contributed by atoms with van der Waals surface area (Å²) in [5.41, 5.74) is 2.07. The van der Waals surface area contributed by atoms with E-state index in [1.807, 2.05) is 26.0 Å². The summed E-state index contributed by atoms with van der Waals surface area (Å²) in [6, 6.07) is 6.02. The minimum atomic E-state index is -0.142. The minimum absolute atomic E-state index is 0.142. The van der Waals surface area contributed by atoms with Crippen LogP contribution in [0.15, 0.2) is 27.8 Å². The number of anilines is 1. The summed E-state index contributed by atoms with van der Waals surface area (Å²) in [7, 11) is 0. The predicted molar refractivity (Wildman–Crippen MR) is 87.4 cm³/mol. The van der Waals surface area contributed by atoms with Crippen LogP contribution >= 0.6 is 23.1 Å². The topological polar surface area (TPSA) is 80.9 Å². The van der Waals surface area contributed by atoms with E-state index in [2.05, 4.69) is 26.6 Å². The van der Waals surface area contributed by atoms with E-state index in [1.54, 1.807) is 0 Å². The number of fused-ring (bicyclic) bond motifs is 1. The molecule has 114 valence electrons. The molecule has 0 atom stereocenters. The third-order valence-corrected chi connectivity index (χ3v) is 4.62. The quantitative estimate of drug-likeness (QED) is 0.721. The molecular weight excluding hydrogens is 320 g/mol. The second-order valence-corrected chi connectivity index (χ2v) is 6.60. The monoisotopic (exact) mass is 334 g/mol. The summed E-state index contributed by atoms with van der Waals surface area (Å²) < 4.78 is 6.40. The Morgan fingerprint density at radius 2 is 2.27 bits per heavy atom. The molecule has 0 bridgehead atoms. The first kappa shape index (κ1) is 15.0. The summed E-state index contributed by atoms with van der Waals surface area (Å²) >= 11 is 2.68. The van der Waals surface area contributed by atoms with Gasteiger partial charge < -0.3 is 9.73 Å². The van der Waals surface area contributed by atoms with Crippen molar-refractivity contribution in [3.05, 3.63) is 29.7 Å². The summed E-state index contributed by atoms with van der Waals surface area (Å²) in [4.78, 5) is 16.3. The Hall–Kier alpha value is -1.93. The number of thioether (sulfide) groups is 1. The molecule has 0 aliphatic rings. The number of thiazole rings is 1. The van der Waals surface area contributed by atoms with E-state index in [1.165, 1.54) is 28.7 Å². The van der Waals surface area contributed by atoms with Crippen molar-refractivity contribution in [2.75, 3.05) is 11.1 Å². The lowest BCUT2D eigenvalue weighted by Gasteiger charge is -1.98. The maximum Gasteiger partial charge on any atom is 0.277 e. The zero-order valence-electron chi connectivity index (χ0n) is 12.1. The van der Waals surface area contributed by atoms with Crippen LogP contribution in [0, 0.1) is 6.92 Å². The number of aryl methyl sites for hydroxylation is 2. The Balaban J connectivity index is 1.60. The van der Waals surface area contributed by atoms with Gasteiger partial charge >= 0.3 is 0 Å². The highest BCUT2D eigenvalue weighted by molar-refractivity contribution is 7.99. The van der Waals surface area contributed by atoms with Crippen molar-refractivity contribution in [3.8, 4) is 0 Å². The Kier molecular flexibility index (Phi) is 4.39. The number of amides is 1. The van der Waals surface area contributed by atoms with Crippen molar-refractivity contribution in [2.24, 2.45) is 0 Å². The second-order valence-electron chi connectivity index (χ2n) is 4.64. The molecule has 0 fully saturated rings. The molecule has 1 amide bonds. The molecule has 0 saturated heterocycles. The molecule has 1 aromatic carbocycles. The number of aromatic nitrogens is 3. The molecule has 6 nitrogen and oxygen atoms in total. The van der Waals surface area contributed by atoms with Gasteiger partial charge in [-0.2, -0.15) is 0 Å². The summed E-state index contributed by atoms with van der Waals surface area (Å²) in [5.74, 6) is 0.641. The van der Waals surface area contributed by atoms with Gasteiger partial charge in [0.2, 0.25) is 11.8 Å². The van der Waals surface area contributed by atoms with Crippen LogP contribution in [-0.2, 0) is 11.2 Å². The number of hydrogen-bond acceptors (Lipinski definition) is 7. The third kappa shape index (κ3) is 3.45. The van der Waals surface area contributed by atoms with Gasteiger partial charge in [0, 0.05) is 6.42 Å². The highest BCUT2D eigenvalue weighted by Crippen LogP contribution is 2.27. The molecule has 3 aromatic rings. The number of nitrogens with zero attached hydrogens (tertiary/aromatic N) is 3. The standard InChI is InChI=1S/C14H14N4O2S2/c1-3-12-17-18-14(20-12)21-7-11(19)16-13-15-9-5-4-8(2)6-10(9)22-13/h4-6H,3,7H2,1-2H3,(H,15,16,19). The number of rotatable bonds is 5. The van der Waals surface area contributed by atoms with Crippen LogP contribution < -0.4 is 5.32 Å². The predicted octanol–water partition coefficient (Wildman–Crippen LogP) is 3.28. The van der Waals surface area contributed by atoms with Gasteiger partial charge in [0.1, 0.15) is 0 Å². The average Bonchev–Trinajstić information content (AvgIpc) is 3.10. The smallest absolute Gasteiger partial charge is 0.277 e. The molecular formula is C14H14N4O2S2. The van der Waals surface area contributed by atoms with E-state index in [0.29, 0.717) is 22.7 Å². The molecule has 22 heavy (non-hydrogen) atoms. The van der Waals surface area contributed by atoms with Crippen LogP contribution in [0.4, 0.5) is 5.13 Å². The maximum atomic E-state index is 12.0.